The standard InChI is InChI=1S/C16H15N3O5/c1-9-17-5-4-11(18-9)16(22)19-12(7-15(20)21)10-2-3-13-14(6-10)24-8-23-13/h2-6,12H,7-8H2,1H3,(H,19,22)(H,20,21)/t12-/m0/s1. The third kappa shape index (κ3) is 3.43. The molecule has 0 saturated carbocycles. The Balaban J connectivity index is 1.84. The normalized spacial score (nSPS) is 13.4. The Morgan fingerprint density at radius 3 is 2.83 bits per heavy atom. The maximum Gasteiger partial charge on any atom is 0.305 e. The SMILES string of the molecule is Cc1nccc(C(=O)N[C@@H](CC(=O)O)c2ccc3c(c2)OCO3)n1. The molecule has 8 heteroatoms. The number of hydrogen-bond acceptors (Lipinski definition) is 6. The Morgan fingerprint density at radius 1 is 1.29 bits per heavy atom. The molecule has 0 radical (unpaired) electrons. The summed E-state index contributed by atoms with van der Waals surface area (Å²) in [5, 5.41) is 11.8. The molecule has 2 N–H and O–H groups in total. The van der Waals surface area contributed by atoms with Crippen LogP contribution in [0.4, 0.5) is 0 Å². The second kappa shape index (κ2) is 6.53. The van der Waals surface area contributed by atoms with Crippen molar-refractivity contribution in [3.63, 3.8) is 0 Å². The molecule has 0 aliphatic carbocycles. The molecule has 1 aliphatic heterocycles. The summed E-state index contributed by atoms with van der Waals surface area (Å²) in [6.07, 6.45) is 1.21. The molecule has 2 aromatic rings. The van der Waals surface area contributed by atoms with Crippen molar-refractivity contribution in [2.24, 2.45) is 0 Å². The van der Waals surface area contributed by atoms with Crippen molar-refractivity contribution in [1.82, 2.24) is 15.3 Å². The molecular weight excluding hydrogens is 314 g/mol. The summed E-state index contributed by atoms with van der Waals surface area (Å²) in [7, 11) is 0. The van der Waals surface area contributed by atoms with Crippen LogP contribution >= 0.6 is 0 Å². The van der Waals surface area contributed by atoms with Gasteiger partial charge in [0.15, 0.2) is 11.5 Å². The molecule has 8 nitrogen and oxygen atoms in total. The molecule has 1 amide bonds. The van der Waals surface area contributed by atoms with Crippen LogP contribution in [0, 0.1) is 6.92 Å². The first kappa shape index (κ1) is 15.7. The Bertz CT molecular complexity index is 793. The van der Waals surface area contributed by atoms with E-state index in [-0.39, 0.29) is 18.9 Å². The van der Waals surface area contributed by atoms with E-state index in [0.717, 1.165) is 0 Å². The molecular formula is C16H15N3O5. The number of carbonyl (C=O) groups excluding carboxylic acids is 1. The van der Waals surface area contributed by atoms with Crippen LogP contribution in [0.2, 0.25) is 0 Å². The van der Waals surface area contributed by atoms with Gasteiger partial charge in [-0.05, 0) is 30.7 Å². The topological polar surface area (TPSA) is 111 Å². The quantitative estimate of drug-likeness (QED) is 0.854. The predicted octanol–water partition coefficient (Wildman–Crippen LogP) is 1.46. The first-order valence-electron chi connectivity index (χ1n) is 7.25. The minimum Gasteiger partial charge on any atom is -0.481 e. The van der Waals surface area contributed by atoms with Crippen LogP contribution in [0.5, 0.6) is 11.5 Å². The van der Waals surface area contributed by atoms with Gasteiger partial charge in [0, 0.05) is 6.20 Å². The monoisotopic (exact) mass is 329 g/mol. The minimum atomic E-state index is -1.03. The molecule has 0 saturated heterocycles. The average Bonchev–Trinajstić information content (AvgIpc) is 3.01. The molecule has 0 unspecified atom stereocenters. The lowest BCUT2D eigenvalue weighted by Crippen LogP contribution is -2.31. The molecule has 1 aromatic carbocycles. The van der Waals surface area contributed by atoms with Crippen molar-refractivity contribution < 1.29 is 24.2 Å². The Labute approximate surface area is 137 Å². The van der Waals surface area contributed by atoms with E-state index in [1.807, 2.05) is 0 Å². The van der Waals surface area contributed by atoms with Gasteiger partial charge in [-0.1, -0.05) is 6.07 Å². The molecule has 0 fully saturated rings. The van der Waals surface area contributed by atoms with E-state index in [4.69, 9.17) is 14.6 Å². The molecule has 3 rings (SSSR count). The fourth-order valence-electron chi connectivity index (χ4n) is 2.37. The molecule has 1 atom stereocenters. The molecule has 2 heterocycles. The summed E-state index contributed by atoms with van der Waals surface area (Å²) >= 11 is 0. The molecule has 124 valence electrons. The number of amides is 1. The number of fused-ring (bicyclic) bond motifs is 1. The Hall–Kier alpha value is -3.16. The van der Waals surface area contributed by atoms with Crippen molar-refractivity contribution in [3.05, 3.63) is 47.5 Å². The van der Waals surface area contributed by atoms with Crippen molar-refractivity contribution in [2.75, 3.05) is 6.79 Å². The van der Waals surface area contributed by atoms with Crippen LogP contribution in [0.15, 0.2) is 30.5 Å². The maximum atomic E-state index is 12.3. The van der Waals surface area contributed by atoms with E-state index < -0.39 is 17.9 Å². The molecule has 0 bridgehead atoms. The first-order valence-corrected chi connectivity index (χ1v) is 7.25. The smallest absolute Gasteiger partial charge is 0.305 e. The lowest BCUT2D eigenvalue weighted by molar-refractivity contribution is -0.137. The third-order valence-electron chi connectivity index (χ3n) is 3.49. The van der Waals surface area contributed by atoms with E-state index in [1.54, 1.807) is 25.1 Å². The number of carboxylic acids is 1. The van der Waals surface area contributed by atoms with Gasteiger partial charge in [-0.15, -0.1) is 0 Å². The lowest BCUT2D eigenvalue weighted by Gasteiger charge is -2.17. The summed E-state index contributed by atoms with van der Waals surface area (Å²) in [5.41, 5.74) is 0.791. The van der Waals surface area contributed by atoms with Crippen LogP contribution in [-0.4, -0.2) is 33.7 Å². The van der Waals surface area contributed by atoms with Crippen molar-refractivity contribution in [2.45, 2.75) is 19.4 Å². The Morgan fingerprint density at radius 2 is 2.08 bits per heavy atom. The van der Waals surface area contributed by atoms with Crippen LogP contribution in [-0.2, 0) is 4.79 Å². The highest BCUT2D eigenvalue weighted by Crippen LogP contribution is 2.34. The zero-order valence-corrected chi connectivity index (χ0v) is 12.9. The highest BCUT2D eigenvalue weighted by molar-refractivity contribution is 5.92. The second-order valence-corrected chi connectivity index (χ2v) is 5.23. The number of aliphatic carboxylic acids is 1. The average molecular weight is 329 g/mol. The van der Waals surface area contributed by atoms with E-state index in [1.165, 1.54) is 12.3 Å². The molecule has 1 aliphatic rings. The summed E-state index contributed by atoms with van der Waals surface area (Å²) in [6.45, 7) is 1.79. The van der Waals surface area contributed by atoms with Gasteiger partial charge in [0.05, 0.1) is 12.5 Å². The van der Waals surface area contributed by atoms with Gasteiger partial charge in [-0.2, -0.15) is 0 Å². The van der Waals surface area contributed by atoms with Gasteiger partial charge in [0.1, 0.15) is 11.5 Å². The van der Waals surface area contributed by atoms with Gasteiger partial charge >= 0.3 is 5.97 Å². The molecule has 1 aromatic heterocycles. The molecule has 0 spiro atoms. The second-order valence-electron chi connectivity index (χ2n) is 5.23. The summed E-state index contributed by atoms with van der Waals surface area (Å²) in [4.78, 5) is 31.5. The number of rotatable bonds is 5. The van der Waals surface area contributed by atoms with Crippen molar-refractivity contribution in [1.29, 1.82) is 0 Å². The number of aryl methyl sites for hydroxylation is 1. The molecule has 24 heavy (non-hydrogen) atoms. The number of carbonyl (C=O) groups is 2. The number of hydrogen-bond donors (Lipinski definition) is 2. The highest BCUT2D eigenvalue weighted by Gasteiger charge is 2.22. The number of benzene rings is 1. The van der Waals surface area contributed by atoms with E-state index in [0.29, 0.717) is 22.9 Å². The largest absolute Gasteiger partial charge is 0.481 e. The van der Waals surface area contributed by atoms with Crippen LogP contribution < -0.4 is 14.8 Å². The van der Waals surface area contributed by atoms with E-state index in [9.17, 15) is 9.59 Å². The van der Waals surface area contributed by atoms with Gasteiger partial charge in [-0.25, -0.2) is 9.97 Å². The highest BCUT2D eigenvalue weighted by atomic mass is 16.7. The van der Waals surface area contributed by atoms with E-state index in [2.05, 4.69) is 15.3 Å². The summed E-state index contributed by atoms with van der Waals surface area (Å²) < 4.78 is 10.5. The minimum absolute atomic E-state index is 0.120. The number of ether oxygens (including phenoxy) is 2. The van der Waals surface area contributed by atoms with Gasteiger partial charge in [0.25, 0.3) is 5.91 Å². The first-order chi connectivity index (χ1) is 11.5. The van der Waals surface area contributed by atoms with Crippen LogP contribution in [0.25, 0.3) is 0 Å². The zero-order valence-electron chi connectivity index (χ0n) is 12.9. The third-order valence-corrected chi connectivity index (χ3v) is 3.49. The maximum absolute atomic E-state index is 12.3. The number of aromatic nitrogens is 2. The number of carboxylic acid groups (broad SMARTS) is 1. The fraction of sp³-hybridized carbons (Fsp3) is 0.250. The number of nitrogens with one attached hydrogen (secondary N) is 1. The van der Waals surface area contributed by atoms with Crippen molar-refractivity contribution >= 4 is 11.9 Å². The van der Waals surface area contributed by atoms with Gasteiger partial charge in [0.2, 0.25) is 6.79 Å². The summed E-state index contributed by atoms with van der Waals surface area (Å²) in [5.74, 6) is 0.0716. The fourth-order valence-corrected chi connectivity index (χ4v) is 2.37. The predicted molar refractivity (Wildman–Crippen MR) is 81.8 cm³/mol. The van der Waals surface area contributed by atoms with Crippen LogP contribution in [0.3, 0.4) is 0 Å². The van der Waals surface area contributed by atoms with Gasteiger partial charge in [-0.3, -0.25) is 9.59 Å². The Kier molecular flexibility index (Phi) is 4.28. The van der Waals surface area contributed by atoms with Crippen LogP contribution in [0.1, 0.15) is 34.3 Å². The van der Waals surface area contributed by atoms with Gasteiger partial charge < -0.3 is 19.9 Å². The van der Waals surface area contributed by atoms with Crippen molar-refractivity contribution in [3.8, 4) is 11.5 Å². The lowest BCUT2D eigenvalue weighted by atomic mass is 10.0. The zero-order chi connectivity index (χ0) is 17.1. The van der Waals surface area contributed by atoms with E-state index >= 15 is 0 Å². The summed E-state index contributed by atoms with van der Waals surface area (Å²) in [6, 6.07) is 5.81. The number of nitrogens with zero attached hydrogens (tertiary/aromatic N) is 2.